The van der Waals surface area contributed by atoms with Crippen molar-refractivity contribution in [2.45, 2.75) is 31.7 Å². The Morgan fingerprint density at radius 3 is 2.62 bits per heavy atom. The predicted molar refractivity (Wildman–Crippen MR) is 143 cm³/mol. The minimum Gasteiger partial charge on any atom is -0.493 e. The molecule has 2 N–H and O–H groups in total. The molecule has 2 atom stereocenters. The number of sulfone groups is 1. The van der Waals surface area contributed by atoms with Gasteiger partial charge in [0, 0.05) is 36.5 Å². The van der Waals surface area contributed by atoms with Gasteiger partial charge < -0.3 is 19.9 Å². The van der Waals surface area contributed by atoms with Crippen LogP contribution in [0.1, 0.15) is 35.4 Å². The quantitative estimate of drug-likeness (QED) is 0.366. The summed E-state index contributed by atoms with van der Waals surface area (Å²) in [6, 6.07) is 20.3. The minimum absolute atomic E-state index is 0.106. The first-order valence-electron chi connectivity index (χ1n) is 12.5. The second-order valence-electron chi connectivity index (χ2n) is 9.84. The third-order valence-corrected chi connectivity index (χ3v) is 7.95. The molecule has 7 nitrogen and oxygen atoms in total. The monoisotopic (exact) mass is 521 g/mol. The van der Waals surface area contributed by atoms with E-state index < -0.39 is 15.8 Å². The van der Waals surface area contributed by atoms with E-state index in [2.05, 4.69) is 23.5 Å². The lowest BCUT2D eigenvalue weighted by molar-refractivity contribution is -0.138. The average molecular weight is 522 g/mol. The van der Waals surface area contributed by atoms with Gasteiger partial charge in [-0.25, -0.2) is 8.42 Å². The second kappa shape index (κ2) is 10.5. The van der Waals surface area contributed by atoms with Crippen molar-refractivity contribution in [3.8, 4) is 22.6 Å². The molecule has 0 amide bonds. The van der Waals surface area contributed by atoms with Crippen molar-refractivity contribution in [3.63, 3.8) is 0 Å². The van der Waals surface area contributed by atoms with Gasteiger partial charge in [-0.3, -0.25) is 4.79 Å². The van der Waals surface area contributed by atoms with Crippen LogP contribution in [0.3, 0.4) is 0 Å². The first-order chi connectivity index (χ1) is 17.8. The summed E-state index contributed by atoms with van der Waals surface area (Å²) < 4.78 is 34.4. The number of carboxylic acids is 1. The van der Waals surface area contributed by atoms with Gasteiger partial charge in [-0.05, 0) is 71.3 Å². The Morgan fingerprint density at radius 1 is 1.08 bits per heavy atom. The SMILES string of the molecule is CS(=O)(=O)CCCOc1ccc2c(c1)OCCc1ccc(CNc3ccc(C4CC4C(=O)O)cc3)cc1-2. The van der Waals surface area contributed by atoms with E-state index in [1.54, 1.807) is 0 Å². The van der Waals surface area contributed by atoms with Gasteiger partial charge in [-0.15, -0.1) is 0 Å². The standard InChI is InChI=1S/C29H31NO6S/c1-37(33,34)14-2-12-35-23-9-10-24-25-15-19(3-4-21(25)11-13-36-28(24)16-23)18-30-22-7-5-20(6-8-22)26-17-27(26)29(31)32/h3-10,15-16,26-27,30H,2,11-14,17-18H2,1H3,(H,31,32). The van der Waals surface area contributed by atoms with E-state index in [-0.39, 0.29) is 17.6 Å². The fourth-order valence-corrected chi connectivity index (χ4v) is 5.45. The molecule has 1 saturated carbocycles. The number of benzene rings is 3. The molecular formula is C29H31NO6S. The first kappa shape index (κ1) is 25.1. The maximum atomic E-state index is 11.3. The number of fused-ring (bicyclic) bond motifs is 3. The Bertz CT molecular complexity index is 1400. The Kier molecular flexibility index (Phi) is 7.11. The normalized spacial score (nSPS) is 18.1. The Hall–Kier alpha value is -3.52. The van der Waals surface area contributed by atoms with Crippen molar-refractivity contribution >= 4 is 21.5 Å². The number of rotatable bonds is 10. The van der Waals surface area contributed by atoms with Crippen LogP contribution in [-0.2, 0) is 27.6 Å². The van der Waals surface area contributed by atoms with Crippen LogP contribution in [-0.4, -0.2) is 44.7 Å². The average Bonchev–Trinajstić information content (AvgIpc) is 3.69. The van der Waals surface area contributed by atoms with Crippen molar-refractivity contribution in [2.24, 2.45) is 5.92 Å². The lowest BCUT2D eigenvalue weighted by Gasteiger charge is -2.14. The summed E-state index contributed by atoms with van der Waals surface area (Å²) in [5.41, 5.74) is 6.60. The summed E-state index contributed by atoms with van der Waals surface area (Å²) in [5.74, 6) is 0.715. The van der Waals surface area contributed by atoms with E-state index in [1.807, 2.05) is 42.5 Å². The molecule has 1 fully saturated rings. The molecule has 0 bridgehead atoms. The number of ether oxygens (including phenoxy) is 2. The zero-order chi connectivity index (χ0) is 26.0. The van der Waals surface area contributed by atoms with Crippen molar-refractivity contribution in [3.05, 3.63) is 77.4 Å². The largest absolute Gasteiger partial charge is 0.493 e. The Labute approximate surface area is 217 Å². The molecule has 1 aliphatic heterocycles. The lowest BCUT2D eigenvalue weighted by atomic mass is 9.95. The van der Waals surface area contributed by atoms with Gasteiger partial charge >= 0.3 is 5.97 Å². The molecule has 3 aromatic rings. The highest BCUT2D eigenvalue weighted by molar-refractivity contribution is 7.90. The van der Waals surface area contributed by atoms with Gasteiger partial charge in [0.05, 0.1) is 24.9 Å². The molecular weight excluding hydrogens is 490 g/mol. The highest BCUT2D eigenvalue weighted by atomic mass is 32.2. The molecule has 1 aliphatic carbocycles. The molecule has 0 aromatic heterocycles. The molecule has 2 unspecified atom stereocenters. The summed E-state index contributed by atoms with van der Waals surface area (Å²) >= 11 is 0. The molecule has 3 aromatic carbocycles. The van der Waals surface area contributed by atoms with E-state index in [0.717, 1.165) is 46.5 Å². The van der Waals surface area contributed by atoms with E-state index in [1.165, 1.54) is 11.8 Å². The van der Waals surface area contributed by atoms with E-state index in [9.17, 15) is 13.2 Å². The Balaban J connectivity index is 1.25. The van der Waals surface area contributed by atoms with Gasteiger partial charge in [-0.1, -0.05) is 24.3 Å². The molecule has 2 aliphatic rings. The summed E-state index contributed by atoms with van der Waals surface area (Å²) in [7, 11) is -3.00. The van der Waals surface area contributed by atoms with Crippen LogP contribution in [0.25, 0.3) is 11.1 Å². The molecule has 5 rings (SSSR count). The van der Waals surface area contributed by atoms with Crippen molar-refractivity contribution in [1.82, 2.24) is 0 Å². The lowest BCUT2D eigenvalue weighted by Crippen LogP contribution is -2.08. The van der Waals surface area contributed by atoms with Crippen molar-refractivity contribution < 1.29 is 27.8 Å². The van der Waals surface area contributed by atoms with Crippen LogP contribution in [0.15, 0.2) is 60.7 Å². The topological polar surface area (TPSA) is 102 Å². The third kappa shape index (κ3) is 6.25. The number of hydrogen-bond donors (Lipinski definition) is 2. The van der Waals surface area contributed by atoms with Gasteiger partial charge in [0.1, 0.15) is 21.3 Å². The number of carbonyl (C=O) groups is 1. The van der Waals surface area contributed by atoms with Crippen LogP contribution in [0, 0.1) is 5.92 Å². The molecule has 8 heteroatoms. The molecule has 37 heavy (non-hydrogen) atoms. The number of carboxylic acid groups (broad SMARTS) is 1. The van der Waals surface area contributed by atoms with Crippen molar-refractivity contribution in [2.75, 3.05) is 30.5 Å². The molecule has 0 saturated heterocycles. The first-order valence-corrected chi connectivity index (χ1v) is 14.6. The van der Waals surface area contributed by atoms with Gasteiger partial charge in [0.15, 0.2) is 0 Å². The molecule has 0 spiro atoms. The second-order valence-corrected chi connectivity index (χ2v) is 12.1. The smallest absolute Gasteiger partial charge is 0.307 e. The van der Waals surface area contributed by atoms with Crippen LogP contribution in [0.5, 0.6) is 11.5 Å². The summed E-state index contributed by atoms with van der Waals surface area (Å²) in [6.07, 6.45) is 3.21. The van der Waals surface area contributed by atoms with Gasteiger partial charge in [-0.2, -0.15) is 0 Å². The van der Waals surface area contributed by atoms with E-state index in [4.69, 9.17) is 14.6 Å². The number of aliphatic carboxylic acids is 1. The molecule has 1 heterocycles. The van der Waals surface area contributed by atoms with Gasteiger partial charge in [0.25, 0.3) is 0 Å². The number of nitrogens with one attached hydrogen (secondary N) is 1. The third-order valence-electron chi connectivity index (χ3n) is 6.92. The maximum Gasteiger partial charge on any atom is 0.307 e. The molecule has 194 valence electrons. The summed E-state index contributed by atoms with van der Waals surface area (Å²) in [4.78, 5) is 11.1. The van der Waals surface area contributed by atoms with Crippen LogP contribution in [0.4, 0.5) is 5.69 Å². The zero-order valence-corrected chi connectivity index (χ0v) is 21.6. The van der Waals surface area contributed by atoms with Crippen LogP contribution < -0.4 is 14.8 Å². The fraction of sp³-hybridized carbons (Fsp3) is 0.345. The number of anilines is 1. The fourth-order valence-electron chi connectivity index (χ4n) is 4.81. The van der Waals surface area contributed by atoms with E-state index >= 15 is 0 Å². The van der Waals surface area contributed by atoms with Crippen molar-refractivity contribution in [1.29, 1.82) is 0 Å². The van der Waals surface area contributed by atoms with Crippen LogP contribution in [0.2, 0.25) is 0 Å². The maximum absolute atomic E-state index is 11.3. The number of hydrogen-bond acceptors (Lipinski definition) is 6. The minimum atomic E-state index is -3.00. The summed E-state index contributed by atoms with van der Waals surface area (Å²) in [5, 5.41) is 12.6. The van der Waals surface area contributed by atoms with E-state index in [0.29, 0.717) is 31.9 Å². The highest BCUT2D eigenvalue weighted by Crippen LogP contribution is 2.47. The Morgan fingerprint density at radius 2 is 1.89 bits per heavy atom. The molecule has 0 radical (unpaired) electrons. The predicted octanol–water partition coefficient (Wildman–Crippen LogP) is 4.90. The van der Waals surface area contributed by atoms with Crippen LogP contribution >= 0.6 is 0 Å². The van der Waals surface area contributed by atoms with Gasteiger partial charge in [0.2, 0.25) is 0 Å². The zero-order valence-electron chi connectivity index (χ0n) is 20.8. The summed E-state index contributed by atoms with van der Waals surface area (Å²) in [6.45, 7) is 1.57. The highest BCUT2D eigenvalue weighted by Gasteiger charge is 2.44.